The predicted molar refractivity (Wildman–Crippen MR) is 112 cm³/mol. The molecule has 0 atom stereocenters. The lowest BCUT2D eigenvalue weighted by Crippen LogP contribution is -2.46. The van der Waals surface area contributed by atoms with E-state index in [-0.39, 0.29) is 11.7 Å². The second-order valence-electron chi connectivity index (χ2n) is 10.8. The SMILES string of the molecule is CC(C)(C)C12CC(C1)N(C1CCN(c3cnc(C(=O)NC4CC4)c(F)c3)CC1)C2. The second kappa shape index (κ2) is 6.66. The van der Waals surface area contributed by atoms with E-state index in [2.05, 4.69) is 40.9 Å². The minimum atomic E-state index is -0.518. The largest absolute Gasteiger partial charge is 0.370 e. The number of halogens is 1. The molecule has 158 valence electrons. The number of fused-ring (bicyclic) bond motifs is 1. The molecule has 0 radical (unpaired) electrons. The number of aromatic nitrogens is 1. The molecule has 1 N–H and O–H groups in total. The predicted octanol–water partition coefficient (Wildman–Crippen LogP) is 3.59. The number of hydrogen-bond donors (Lipinski definition) is 1. The molecule has 5 nitrogen and oxygen atoms in total. The molecule has 1 aromatic heterocycles. The summed E-state index contributed by atoms with van der Waals surface area (Å²) in [6.45, 7) is 10.3. The summed E-state index contributed by atoms with van der Waals surface area (Å²) < 4.78 is 14.5. The van der Waals surface area contributed by atoms with Crippen LogP contribution in [0.1, 0.15) is 69.8 Å². The lowest BCUT2D eigenvalue weighted by atomic mass is 9.56. The van der Waals surface area contributed by atoms with Crippen LogP contribution in [0.25, 0.3) is 0 Å². The highest BCUT2D eigenvalue weighted by Gasteiger charge is 2.61. The van der Waals surface area contributed by atoms with Crippen molar-refractivity contribution in [1.29, 1.82) is 0 Å². The molecule has 0 aromatic carbocycles. The standard InChI is InChI=1S/C23H33FN4O/c1-22(2,3)23-11-18(12-23)28(14-23)16-6-8-27(9-7-16)17-10-19(24)20(25-13-17)21(29)26-15-4-5-15/h10,13,15-16,18H,4-9,11-12,14H2,1-3H3,(H,26,29). The van der Waals surface area contributed by atoms with Crippen LogP contribution in [-0.2, 0) is 0 Å². The van der Waals surface area contributed by atoms with Crippen molar-refractivity contribution in [2.75, 3.05) is 24.5 Å². The highest BCUT2D eigenvalue weighted by Crippen LogP contribution is 2.61. The first kappa shape index (κ1) is 19.3. The summed E-state index contributed by atoms with van der Waals surface area (Å²) in [6, 6.07) is 3.10. The van der Waals surface area contributed by atoms with Crippen LogP contribution in [0.3, 0.4) is 0 Å². The summed E-state index contributed by atoms with van der Waals surface area (Å²) in [5, 5.41) is 2.81. The molecule has 3 saturated heterocycles. The summed E-state index contributed by atoms with van der Waals surface area (Å²) in [5.74, 6) is -0.911. The van der Waals surface area contributed by atoms with Gasteiger partial charge in [-0.2, -0.15) is 0 Å². The Balaban J connectivity index is 1.19. The molecule has 2 aliphatic carbocycles. The molecule has 1 amide bonds. The van der Waals surface area contributed by atoms with E-state index < -0.39 is 11.7 Å². The number of amides is 1. The Morgan fingerprint density at radius 3 is 2.41 bits per heavy atom. The number of hydrogen-bond acceptors (Lipinski definition) is 4. The molecule has 5 fully saturated rings. The summed E-state index contributed by atoms with van der Waals surface area (Å²) in [4.78, 5) is 21.2. The second-order valence-corrected chi connectivity index (χ2v) is 10.8. The van der Waals surface area contributed by atoms with Crippen molar-refractivity contribution in [3.8, 4) is 0 Å². The zero-order valence-corrected chi connectivity index (χ0v) is 17.9. The van der Waals surface area contributed by atoms with E-state index in [9.17, 15) is 9.18 Å². The van der Waals surface area contributed by atoms with Crippen LogP contribution < -0.4 is 10.2 Å². The smallest absolute Gasteiger partial charge is 0.273 e. The third kappa shape index (κ3) is 3.33. The Kier molecular flexibility index (Phi) is 4.43. The molecule has 6 rings (SSSR count). The molecule has 0 spiro atoms. The Morgan fingerprint density at radius 2 is 1.86 bits per heavy atom. The first-order chi connectivity index (χ1) is 13.8. The number of pyridine rings is 1. The van der Waals surface area contributed by atoms with Crippen molar-refractivity contribution >= 4 is 11.6 Å². The van der Waals surface area contributed by atoms with Gasteiger partial charge in [-0.15, -0.1) is 0 Å². The van der Waals surface area contributed by atoms with Crippen LogP contribution in [0.15, 0.2) is 12.3 Å². The molecule has 29 heavy (non-hydrogen) atoms. The molecule has 4 heterocycles. The van der Waals surface area contributed by atoms with Gasteiger partial charge in [-0.1, -0.05) is 20.8 Å². The number of carbonyl (C=O) groups excluding carboxylic acids is 1. The topological polar surface area (TPSA) is 48.5 Å². The normalized spacial score (nSPS) is 30.3. The van der Waals surface area contributed by atoms with Crippen LogP contribution in [0, 0.1) is 16.6 Å². The molecule has 2 bridgehead atoms. The van der Waals surface area contributed by atoms with Crippen LogP contribution >= 0.6 is 0 Å². The van der Waals surface area contributed by atoms with Crippen LogP contribution in [0.5, 0.6) is 0 Å². The maximum Gasteiger partial charge on any atom is 0.273 e. The fourth-order valence-electron chi connectivity index (χ4n) is 5.67. The summed E-state index contributed by atoms with van der Waals surface area (Å²) >= 11 is 0. The van der Waals surface area contributed by atoms with E-state index >= 15 is 0 Å². The number of nitrogens with zero attached hydrogens (tertiary/aromatic N) is 3. The quantitative estimate of drug-likeness (QED) is 0.839. The zero-order valence-electron chi connectivity index (χ0n) is 17.9. The number of piperidine rings is 1. The Hall–Kier alpha value is -1.69. The van der Waals surface area contributed by atoms with Crippen molar-refractivity contribution in [3.63, 3.8) is 0 Å². The molecular weight excluding hydrogens is 367 g/mol. The van der Waals surface area contributed by atoms with Gasteiger partial charge < -0.3 is 10.2 Å². The van der Waals surface area contributed by atoms with E-state index in [1.165, 1.54) is 25.5 Å². The van der Waals surface area contributed by atoms with Gasteiger partial charge >= 0.3 is 0 Å². The molecular formula is C23H33FN4O. The van der Waals surface area contributed by atoms with Gasteiger partial charge in [0.1, 0.15) is 0 Å². The van der Waals surface area contributed by atoms with Gasteiger partial charge in [-0.25, -0.2) is 9.37 Å². The molecule has 0 unspecified atom stereocenters. The highest BCUT2D eigenvalue weighted by atomic mass is 19.1. The highest BCUT2D eigenvalue weighted by molar-refractivity contribution is 5.93. The maximum atomic E-state index is 14.5. The molecule has 6 heteroatoms. The third-order valence-electron chi connectivity index (χ3n) is 8.05. The van der Waals surface area contributed by atoms with Crippen molar-refractivity contribution in [1.82, 2.24) is 15.2 Å². The van der Waals surface area contributed by atoms with Gasteiger partial charge in [-0.05, 0) is 49.4 Å². The summed E-state index contributed by atoms with van der Waals surface area (Å²) in [6.07, 6.45) is 8.56. The monoisotopic (exact) mass is 400 g/mol. The Bertz CT molecular complexity index is 802. The average Bonchev–Trinajstić information content (AvgIpc) is 3.24. The number of carbonyl (C=O) groups is 1. The van der Waals surface area contributed by atoms with Crippen molar-refractivity contribution in [2.24, 2.45) is 10.8 Å². The van der Waals surface area contributed by atoms with Crippen molar-refractivity contribution < 1.29 is 9.18 Å². The molecule has 1 aromatic rings. The van der Waals surface area contributed by atoms with E-state index in [0.29, 0.717) is 16.9 Å². The van der Waals surface area contributed by atoms with Gasteiger partial charge in [0, 0.05) is 43.8 Å². The van der Waals surface area contributed by atoms with Crippen LogP contribution in [0.4, 0.5) is 10.1 Å². The molecule has 5 aliphatic rings. The van der Waals surface area contributed by atoms with E-state index in [1.54, 1.807) is 6.20 Å². The van der Waals surface area contributed by atoms with E-state index in [1.807, 2.05) is 0 Å². The fraction of sp³-hybridized carbons (Fsp3) is 0.739. The minimum absolute atomic E-state index is 0.0835. The number of anilines is 1. The van der Waals surface area contributed by atoms with Gasteiger partial charge in [0.15, 0.2) is 11.5 Å². The van der Waals surface area contributed by atoms with Gasteiger partial charge in [0.25, 0.3) is 5.91 Å². The van der Waals surface area contributed by atoms with Crippen LogP contribution in [0.2, 0.25) is 0 Å². The lowest BCUT2D eigenvalue weighted by molar-refractivity contribution is 0.0405. The van der Waals surface area contributed by atoms with Crippen molar-refractivity contribution in [2.45, 2.75) is 77.4 Å². The summed E-state index contributed by atoms with van der Waals surface area (Å²) in [5.41, 5.74) is 1.61. The Labute approximate surface area is 173 Å². The minimum Gasteiger partial charge on any atom is -0.370 e. The van der Waals surface area contributed by atoms with Gasteiger partial charge in [0.2, 0.25) is 0 Å². The van der Waals surface area contributed by atoms with E-state index in [0.717, 1.165) is 50.5 Å². The average molecular weight is 401 g/mol. The first-order valence-corrected chi connectivity index (χ1v) is 11.2. The first-order valence-electron chi connectivity index (χ1n) is 11.2. The lowest BCUT2D eigenvalue weighted by Gasteiger charge is -2.48. The van der Waals surface area contributed by atoms with E-state index in [4.69, 9.17) is 0 Å². The van der Waals surface area contributed by atoms with Gasteiger partial charge in [-0.3, -0.25) is 9.69 Å². The number of rotatable bonds is 4. The van der Waals surface area contributed by atoms with Crippen molar-refractivity contribution in [3.05, 3.63) is 23.8 Å². The zero-order chi connectivity index (χ0) is 20.4. The third-order valence-corrected chi connectivity index (χ3v) is 8.05. The summed E-state index contributed by atoms with van der Waals surface area (Å²) in [7, 11) is 0. The molecule has 2 saturated carbocycles. The number of nitrogens with one attached hydrogen (secondary N) is 1. The van der Waals surface area contributed by atoms with Crippen LogP contribution in [-0.4, -0.2) is 53.6 Å². The maximum absolute atomic E-state index is 14.5. The molecule has 3 aliphatic heterocycles. The van der Waals surface area contributed by atoms with Gasteiger partial charge in [0.05, 0.1) is 11.9 Å². The Morgan fingerprint density at radius 1 is 1.17 bits per heavy atom. The fourth-order valence-corrected chi connectivity index (χ4v) is 5.67.